The van der Waals surface area contributed by atoms with Crippen LogP contribution in [-0.4, -0.2) is 29.9 Å². The Morgan fingerprint density at radius 1 is 0.870 bits per heavy atom. The van der Waals surface area contributed by atoms with Gasteiger partial charge in [-0.25, -0.2) is 0 Å². The molecule has 1 aliphatic heterocycles. The van der Waals surface area contributed by atoms with Gasteiger partial charge < -0.3 is 4.74 Å². The fourth-order valence-electron chi connectivity index (χ4n) is 2.56. The number of ether oxygens (including phenoxy) is 1. The molecule has 1 heterocycles. The number of fused-ring (bicyclic) bond motifs is 1. The first-order chi connectivity index (χ1) is 11.2. The van der Waals surface area contributed by atoms with Crippen LogP contribution in [0.1, 0.15) is 33.6 Å². The summed E-state index contributed by atoms with van der Waals surface area (Å²) in [7, 11) is 0. The fourth-order valence-corrected chi connectivity index (χ4v) is 2.75. The third kappa shape index (κ3) is 3.22. The van der Waals surface area contributed by atoms with Crippen LogP contribution in [0.25, 0.3) is 0 Å². The van der Waals surface area contributed by atoms with Crippen LogP contribution in [0.5, 0.6) is 5.75 Å². The standard InChI is InChI=1S/C18H16ClNO3/c19-15-9-3-4-10-16(15)23-12-6-5-11-20-17(21)13-7-1-2-8-14(13)18(20)22/h1-4,7-10H,5-6,11-12H2. The van der Waals surface area contributed by atoms with E-state index in [0.717, 1.165) is 6.42 Å². The summed E-state index contributed by atoms with van der Waals surface area (Å²) in [6.45, 7) is 0.894. The van der Waals surface area contributed by atoms with Gasteiger partial charge in [-0.05, 0) is 37.1 Å². The van der Waals surface area contributed by atoms with Crippen molar-refractivity contribution in [1.82, 2.24) is 4.90 Å². The minimum Gasteiger partial charge on any atom is -0.492 e. The van der Waals surface area contributed by atoms with Gasteiger partial charge in [0, 0.05) is 6.54 Å². The first-order valence-electron chi connectivity index (χ1n) is 7.51. The maximum atomic E-state index is 12.2. The third-order valence-electron chi connectivity index (χ3n) is 3.75. The van der Waals surface area contributed by atoms with Gasteiger partial charge in [-0.3, -0.25) is 14.5 Å². The molecule has 0 saturated heterocycles. The highest BCUT2D eigenvalue weighted by atomic mass is 35.5. The van der Waals surface area contributed by atoms with Gasteiger partial charge in [0.15, 0.2) is 0 Å². The van der Waals surface area contributed by atoms with E-state index in [0.29, 0.717) is 41.5 Å². The molecule has 1 aliphatic rings. The molecule has 0 N–H and O–H groups in total. The highest BCUT2D eigenvalue weighted by Crippen LogP contribution is 2.24. The maximum absolute atomic E-state index is 12.2. The first kappa shape index (κ1) is 15.6. The van der Waals surface area contributed by atoms with E-state index < -0.39 is 0 Å². The lowest BCUT2D eigenvalue weighted by atomic mass is 10.1. The van der Waals surface area contributed by atoms with Crippen molar-refractivity contribution in [3.8, 4) is 5.75 Å². The third-order valence-corrected chi connectivity index (χ3v) is 4.06. The molecule has 118 valence electrons. The summed E-state index contributed by atoms with van der Waals surface area (Å²) in [6.07, 6.45) is 1.43. The molecule has 0 bridgehead atoms. The Bertz CT molecular complexity index is 710. The lowest BCUT2D eigenvalue weighted by Crippen LogP contribution is -2.30. The number of nitrogens with zero attached hydrogens (tertiary/aromatic N) is 1. The predicted octanol–water partition coefficient (Wildman–Crippen LogP) is 3.80. The second-order valence-electron chi connectivity index (χ2n) is 5.29. The summed E-state index contributed by atoms with van der Waals surface area (Å²) in [5, 5.41) is 0.577. The minimum atomic E-state index is -0.211. The number of hydrogen-bond acceptors (Lipinski definition) is 3. The Balaban J connectivity index is 1.48. The predicted molar refractivity (Wildman–Crippen MR) is 88.0 cm³/mol. The van der Waals surface area contributed by atoms with Gasteiger partial charge in [-0.2, -0.15) is 0 Å². The van der Waals surface area contributed by atoms with Gasteiger partial charge in [0.1, 0.15) is 5.75 Å². The number of rotatable bonds is 6. The van der Waals surface area contributed by atoms with Crippen molar-refractivity contribution in [3.63, 3.8) is 0 Å². The molecule has 0 aliphatic carbocycles. The Kier molecular flexibility index (Phi) is 4.63. The summed E-state index contributed by atoms with van der Waals surface area (Å²) >= 11 is 6.01. The Labute approximate surface area is 139 Å². The smallest absolute Gasteiger partial charge is 0.261 e. The number of benzene rings is 2. The molecule has 0 unspecified atom stereocenters. The highest BCUT2D eigenvalue weighted by molar-refractivity contribution is 6.32. The van der Waals surface area contributed by atoms with E-state index in [1.54, 1.807) is 30.3 Å². The number of amides is 2. The zero-order valence-corrected chi connectivity index (χ0v) is 13.3. The zero-order chi connectivity index (χ0) is 16.2. The number of unbranched alkanes of at least 4 members (excludes halogenated alkanes) is 1. The van der Waals surface area contributed by atoms with E-state index in [-0.39, 0.29) is 11.8 Å². The van der Waals surface area contributed by atoms with Gasteiger partial charge in [0.05, 0.1) is 22.8 Å². The molecule has 5 heteroatoms. The van der Waals surface area contributed by atoms with Crippen LogP contribution < -0.4 is 4.74 Å². The average Bonchev–Trinajstić information content (AvgIpc) is 2.81. The molecule has 3 rings (SSSR count). The number of hydrogen-bond donors (Lipinski definition) is 0. The van der Waals surface area contributed by atoms with Crippen LogP contribution in [-0.2, 0) is 0 Å². The number of carbonyl (C=O) groups excluding carboxylic acids is 2. The summed E-state index contributed by atoms with van der Waals surface area (Å²) in [5.74, 6) is 0.227. The molecule has 0 fully saturated rings. The second-order valence-corrected chi connectivity index (χ2v) is 5.70. The summed E-state index contributed by atoms with van der Waals surface area (Å²) in [4.78, 5) is 25.7. The average molecular weight is 330 g/mol. The fraction of sp³-hybridized carbons (Fsp3) is 0.222. The van der Waals surface area contributed by atoms with E-state index in [1.165, 1.54) is 4.90 Å². The molecule has 2 aromatic rings. The van der Waals surface area contributed by atoms with Gasteiger partial charge in [-0.1, -0.05) is 35.9 Å². The quantitative estimate of drug-likeness (QED) is 0.598. The molecule has 0 atom stereocenters. The molecular weight excluding hydrogens is 314 g/mol. The van der Waals surface area contributed by atoms with Crippen molar-refractivity contribution < 1.29 is 14.3 Å². The summed E-state index contributed by atoms with van der Waals surface area (Å²) in [5.41, 5.74) is 0.981. The molecule has 23 heavy (non-hydrogen) atoms. The number of carbonyl (C=O) groups is 2. The first-order valence-corrected chi connectivity index (χ1v) is 7.89. The van der Waals surface area contributed by atoms with Crippen molar-refractivity contribution in [3.05, 3.63) is 64.7 Å². The van der Waals surface area contributed by atoms with Crippen LogP contribution in [0.3, 0.4) is 0 Å². The Hall–Kier alpha value is -2.33. The van der Waals surface area contributed by atoms with Crippen molar-refractivity contribution in [2.75, 3.05) is 13.2 Å². The minimum absolute atomic E-state index is 0.211. The van der Waals surface area contributed by atoms with Gasteiger partial charge in [0.25, 0.3) is 11.8 Å². The van der Waals surface area contributed by atoms with Crippen LogP contribution in [0, 0.1) is 0 Å². The monoisotopic (exact) mass is 329 g/mol. The van der Waals surface area contributed by atoms with Crippen molar-refractivity contribution in [1.29, 1.82) is 0 Å². The van der Waals surface area contributed by atoms with Gasteiger partial charge in [-0.15, -0.1) is 0 Å². The van der Waals surface area contributed by atoms with E-state index in [2.05, 4.69) is 0 Å². The van der Waals surface area contributed by atoms with E-state index in [1.807, 2.05) is 18.2 Å². The van der Waals surface area contributed by atoms with Crippen molar-refractivity contribution in [2.24, 2.45) is 0 Å². The SMILES string of the molecule is O=C1c2ccccc2C(=O)N1CCCCOc1ccccc1Cl. The number of halogens is 1. The van der Waals surface area contributed by atoms with Gasteiger partial charge in [0.2, 0.25) is 0 Å². The molecule has 0 saturated carbocycles. The van der Waals surface area contributed by atoms with Crippen LogP contribution in [0.15, 0.2) is 48.5 Å². The number of para-hydroxylation sites is 1. The highest BCUT2D eigenvalue weighted by Gasteiger charge is 2.34. The molecule has 0 radical (unpaired) electrons. The summed E-state index contributed by atoms with van der Waals surface area (Å²) < 4.78 is 5.60. The van der Waals surface area contributed by atoms with E-state index >= 15 is 0 Å². The van der Waals surface area contributed by atoms with E-state index in [4.69, 9.17) is 16.3 Å². The lowest BCUT2D eigenvalue weighted by Gasteiger charge is -2.14. The molecule has 2 amide bonds. The molecule has 2 aromatic carbocycles. The van der Waals surface area contributed by atoms with E-state index in [9.17, 15) is 9.59 Å². The van der Waals surface area contributed by atoms with Crippen molar-refractivity contribution >= 4 is 23.4 Å². The zero-order valence-electron chi connectivity index (χ0n) is 12.5. The van der Waals surface area contributed by atoms with Crippen LogP contribution in [0.4, 0.5) is 0 Å². The largest absolute Gasteiger partial charge is 0.492 e. The summed E-state index contributed by atoms with van der Waals surface area (Å²) in [6, 6.07) is 14.2. The van der Waals surface area contributed by atoms with Gasteiger partial charge >= 0.3 is 0 Å². The van der Waals surface area contributed by atoms with Crippen LogP contribution in [0.2, 0.25) is 5.02 Å². The second kappa shape index (κ2) is 6.84. The van der Waals surface area contributed by atoms with Crippen molar-refractivity contribution in [2.45, 2.75) is 12.8 Å². The molecule has 4 nitrogen and oxygen atoms in total. The normalized spacial score (nSPS) is 13.3. The Morgan fingerprint density at radius 3 is 2.13 bits per heavy atom. The molecular formula is C18H16ClNO3. The molecule has 0 spiro atoms. The molecule has 0 aromatic heterocycles. The number of imide groups is 1. The lowest BCUT2D eigenvalue weighted by molar-refractivity contribution is 0.0649. The van der Waals surface area contributed by atoms with Crippen LogP contribution >= 0.6 is 11.6 Å². The topological polar surface area (TPSA) is 46.6 Å². The maximum Gasteiger partial charge on any atom is 0.261 e. The Morgan fingerprint density at radius 2 is 1.48 bits per heavy atom.